The molecule has 1 aliphatic heterocycles. The smallest absolute Gasteiger partial charge is 0.315 e. The van der Waals surface area contributed by atoms with E-state index in [1.165, 1.54) is 12.1 Å². The van der Waals surface area contributed by atoms with E-state index in [2.05, 4.69) is 15.5 Å². The molecule has 0 spiro atoms. The highest BCUT2D eigenvalue weighted by molar-refractivity contribution is 5.74. The SMILES string of the molecule is O=C(NC1CCC(O)CC1)NC1CCN(Cc2ccc(F)cc2)CC1. The van der Waals surface area contributed by atoms with E-state index >= 15 is 0 Å². The molecule has 0 unspecified atom stereocenters. The summed E-state index contributed by atoms with van der Waals surface area (Å²) < 4.78 is 13.0. The van der Waals surface area contributed by atoms with Crippen molar-refractivity contribution in [3.63, 3.8) is 0 Å². The van der Waals surface area contributed by atoms with Gasteiger partial charge < -0.3 is 15.7 Å². The average molecular weight is 349 g/mol. The van der Waals surface area contributed by atoms with Crippen LogP contribution in [0.15, 0.2) is 24.3 Å². The Morgan fingerprint density at radius 1 is 1.00 bits per heavy atom. The minimum atomic E-state index is -0.204. The number of aliphatic hydroxyl groups excluding tert-OH is 1. The van der Waals surface area contributed by atoms with Crippen molar-refractivity contribution in [3.05, 3.63) is 35.6 Å². The first kappa shape index (κ1) is 18.1. The Morgan fingerprint density at radius 3 is 2.16 bits per heavy atom. The lowest BCUT2D eigenvalue weighted by Gasteiger charge is -2.33. The normalized spacial score (nSPS) is 25.5. The van der Waals surface area contributed by atoms with Crippen molar-refractivity contribution in [2.45, 2.75) is 63.3 Å². The minimum Gasteiger partial charge on any atom is -0.393 e. The molecular weight excluding hydrogens is 321 g/mol. The Balaban J connectivity index is 1.36. The first-order valence-corrected chi connectivity index (χ1v) is 9.30. The summed E-state index contributed by atoms with van der Waals surface area (Å²) in [5, 5.41) is 15.6. The van der Waals surface area contributed by atoms with Gasteiger partial charge in [0.2, 0.25) is 0 Å². The topological polar surface area (TPSA) is 64.6 Å². The van der Waals surface area contributed by atoms with Gasteiger partial charge in [0.1, 0.15) is 5.82 Å². The third-order valence-corrected chi connectivity index (χ3v) is 5.27. The van der Waals surface area contributed by atoms with Gasteiger partial charge in [-0.1, -0.05) is 12.1 Å². The summed E-state index contributed by atoms with van der Waals surface area (Å²) in [4.78, 5) is 14.5. The molecule has 6 heteroatoms. The van der Waals surface area contributed by atoms with Crippen LogP contribution in [0.1, 0.15) is 44.1 Å². The van der Waals surface area contributed by atoms with Crippen LogP contribution in [0.2, 0.25) is 0 Å². The maximum Gasteiger partial charge on any atom is 0.315 e. The molecule has 138 valence electrons. The fourth-order valence-electron chi connectivity index (χ4n) is 3.72. The molecule has 1 saturated carbocycles. The number of hydrogen-bond acceptors (Lipinski definition) is 3. The van der Waals surface area contributed by atoms with Gasteiger partial charge in [-0.2, -0.15) is 0 Å². The molecular formula is C19H28FN3O2. The molecule has 0 radical (unpaired) electrons. The Bertz CT molecular complexity index is 550. The second-order valence-corrected chi connectivity index (χ2v) is 7.30. The number of amides is 2. The highest BCUT2D eigenvalue weighted by atomic mass is 19.1. The van der Waals surface area contributed by atoms with Crippen molar-refractivity contribution >= 4 is 6.03 Å². The number of carbonyl (C=O) groups is 1. The molecule has 1 heterocycles. The quantitative estimate of drug-likeness (QED) is 0.782. The molecule has 0 aromatic heterocycles. The molecule has 1 aromatic carbocycles. The molecule has 3 N–H and O–H groups in total. The second kappa shape index (κ2) is 8.63. The molecule has 2 fully saturated rings. The zero-order valence-corrected chi connectivity index (χ0v) is 14.6. The van der Waals surface area contributed by atoms with Crippen molar-refractivity contribution in [2.75, 3.05) is 13.1 Å². The van der Waals surface area contributed by atoms with Crippen molar-refractivity contribution in [1.29, 1.82) is 0 Å². The molecule has 1 aliphatic carbocycles. The van der Waals surface area contributed by atoms with Gasteiger partial charge in [-0.3, -0.25) is 4.90 Å². The summed E-state index contributed by atoms with van der Waals surface area (Å²) in [6.45, 7) is 2.68. The number of urea groups is 1. The molecule has 5 nitrogen and oxygen atoms in total. The number of carbonyl (C=O) groups excluding carboxylic acids is 1. The van der Waals surface area contributed by atoms with Crippen LogP contribution in [0, 0.1) is 5.82 Å². The van der Waals surface area contributed by atoms with Gasteiger partial charge in [0, 0.05) is 31.7 Å². The van der Waals surface area contributed by atoms with Gasteiger partial charge in [0.25, 0.3) is 0 Å². The molecule has 0 atom stereocenters. The number of aliphatic hydroxyl groups is 1. The number of benzene rings is 1. The van der Waals surface area contributed by atoms with E-state index in [0.717, 1.165) is 63.7 Å². The Hall–Kier alpha value is -1.66. The van der Waals surface area contributed by atoms with Gasteiger partial charge >= 0.3 is 6.03 Å². The van der Waals surface area contributed by atoms with Gasteiger partial charge in [0.15, 0.2) is 0 Å². The molecule has 1 saturated heterocycles. The number of hydrogen-bond donors (Lipinski definition) is 3. The van der Waals surface area contributed by atoms with Crippen LogP contribution in [-0.4, -0.2) is 47.3 Å². The van der Waals surface area contributed by atoms with E-state index in [9.17, 15) is 14.3 Å². The minimum absolute atomic E-state index is 0.0848. The van der Waals surface area contributed by atoms with E-state index in [1.54, 1.807) is 0 Å². The first-order valence-electron chi connectivity index (χ1n) is 9.30. The van der Waals surface area contributed by atoms with E-state index in [4.69, 9.17) is 0 Å². The van der Waals surface area contributed by atoms with E-state index in [1.807, 2.05) is 12.1 Å². The van der Waals surface area contributed by atoms with Crippen LogP contribution < -0.4 is 10.6 Å². The van der Waals surface area contributed by atoms with Crippen LogP contribution in [0.25, 0.3) is 0 Å². The van der Waals surface area contributed by atoms with E-state index in [-0.39, 0.29) is 30.0 Å². The fourth-order valence-corrected chi connectivity index (χ4v) is 3.72. The fraction of sp³-hybridized carbons (Fsp3) is 0.632. The summed E-state index contributed by atoms with van der Waals surface area (Å²) in [6.07, 6.45) is 4.90. The zero-order chi connectivity index (χ0) is 17.6. The van der Waals surface area contributed by atoms with Crippen molar-refractivity contribution in [1.82, 2.24) is 15.5 Å². The van der Waals surface area contributed by atoms with Crippen LogP contribution in [0.5, 0.6) is 0 Å². The van der Waals surface area contributed by atoms with Crippen LogP contribution in [0.3, 0.4) is 0 Å². The zero-order valence-electron chi connectivity index (χ0n) is 14.6. The molecule has 3 rings (SSSR count). The lowest BCUT2D eigenvalue weighted by atomic mass is 9.93. The van der Waals surface area contributed by atoms with Crippen molar-refractivity contribution in [3.8, 4) is 0 Å². The Labute approximate surface area is 148 Å². The van der Waals surface area contributed by atoms with Gasteiger partial charge in [-0.25, -0.2) is 9.18 Å². The number of nitrogens with zero attached hydrogens (tertiary/aromatic N) is 1. The second-order valence-electron chi connectivity index (χ2n) is 7.30. The third kappa shape index (κ3) is 5.68. The summed E-state index contributed by atoms with van der Waals surface area (Å²) >= 11 is 0. The molecule has 2 aliphatic rings. The highest BCUT2D eigenvalue weighted by Crippen LogP contribution is 2.18. The number of piperidine rings is 1. The lowest BCUT2D eigenvalue weighted by molar-refractivity contribution is 0.117. The first-order chi connectivity index (χ1) is 12.1. The molecule has 0 bridgehead atoms. The van der Waals surface area contributed by atoms with Gasteiger partial charge in [-0.05, 0) is 56.2 Å². The van der Waals surface area contributed by atoms with Crippen LogP contribution >= 0.6 is 0 Å². The summed E-state index contributed by atoms with van der Waals surface area (Å²) in [5.41, 5.74) is 1.12. The standard InChI is InChI=1S/C19H28FN3O2/c20-15-3-1-14(2-4-15)13-23-11-9-17(10-12-23)22-19(25)21-16-5-7-18(24)8-6-16/h1-4,16-18,24H,5-13H2,(H2,21,22,25). The maximum absolute atomic E-state index is 13.0. The molecule has 2 amide bonds. The van der Waals surface area contributed by atoms with Crippen molar-refractivity contribution < 1.29 is 14.3 Å². The van der Waals surface area contributed by atoms with Crippen LogP contribution in [0.4, 0.5) is 9.18 Å². The molecule has 1 aromatic rings. The molecule has 25 heavy (non-hydrogen) atoms. The Morgan fingerprint density at radius 2 is 1.56 bits per heavy atom. The summed E-state index contributed by atoms with van der Waals surface area (Å²) in [7, 11) is 0. The average Bonchev–Trinajstić information content (AvgIpc) is 2.61. The van der Waals surface area contributed by atoms with E-state index in [0.29, 0.717) is 0 Å². The number of rotatable bonds is 4. The lowest BCUT2D eigenvalue weighted by Crippen LogP contribution is -2.50. The predicted octanol–water partition coefficient (Wildman–Crippen LogP) is 2.39. The number of nitrogens with one attached hydrogen (secondary N) is 2. The monoisotopic (exact) mass is 349 g/mol. The number of likely N-dealkylation sites (tertiary alicyclic amines) is 1. The maximum atomic E-state index is 13.0. The van der Waals surface area contributed by atoms with Crippen LogP contribution in [-0.2, 0) is 6.54 Å². The largest absolute Gasteiger partial charge is 0.393 e. The predicted molar refractivity (Wildman–Crippen MR) is 94.6 cm³/mol. The summed E-state index contributed by atoms with van der Waals surface area (Å²) in [6, 6.07) is 6.96. The summed E-state index contributed by atoms with van der Waals surface area (Å²) in [5.74, 6) is -0.204. The Kier molecular flexibility index (Phi) is 6.26. The van der Waals surface area contributed by atoms with Gasteiger partial charge in [0.05, 0.1) is 6.10 Å². The van der Waals surface area contributed by atoms with Crippen molar-refractivity contribution in [2.24, 2.45) is 0 Å². The van der Waals surface area contributed by atoms with Gasteiger partial charge in [-0.15, -0.1) is 0 Å². The van der Waals surface area contributed by atoms with E-state index < -0.39 is 0 Å². The highest BCUT2D eigenvalue weighted by Gasteiger charge is 2.24. The third-order valence-electron chi connectivity index (χ3n) is 5.27. The number of halogens is 1.